The Hall–Kier alpha value is -1.57. The van der Waals surface area contributed by atoms with Gasteiger partial charge in [0.2, 0.25) is 0 Å². The number of sulfone groups is 1. The second-order valence-electron chi connectivity index (χ2n) is 6.39. The van der Waals surface area contributed by atoms with E-state index in [1.165, 1.54) is 11.8 Å². The van der Waals surface area contributed by atoms with Crippen molar-refractivity contribution >= 4 is 15.8 Å². The van der Waals surface area contributed by atoms with Gasteiger partial charge in [0.05, 0.1) is 11.4 Å². The summed E-state index contributed by atoms with van der Waals surface area (Å²) in [7, 11) is -1.27. The largest absolute Gasteiger partial charge is 0.355 e. The van der Waals surface area contributed by atoms with Crippen LogP contribution < -0.4 is 10.6 Å². The van der Waals surface area contributed by atoms with E-state index in [1.807, 2.05) is 4.68 Å². The molecule has 0 aliphatic heterocycles. The molecule has 130 valence electrons. The number of nitrogens with zero attached hydrogens (tertiary/aromatic N) is 3. The normalized spacial score (nSPS) is 18.8. The van der Waals surface area contributed by atoms with Gasteiger partial charge in [0.25, 0.3) is 0 Å². The van der Waals surface area contributed by atoms with Crippen molar-refractivity contribution in [2.45, 2.75) is 45.2 Å². The molecule has 7 nitrogen and oxygen atoms in total. The Morgan fingerprint density at radius 3 is 2.87 bits per heavy atom. The molecule has 1 aliphatic rings. The van der Waals surface area contributed by atoms with Crippen molar-refractivity contribution in [2.75, 3.05) is 25.6 Å². The van der Waals surface area contributed by atoms with E-state index >= 15 is 0 Å². The number of hydrogen-bond acceptors (Lipinski definition) is 4. The highest BCUT2D eigenvalue weighted by Crippen LogP contribution is 2.21. The van der Waals surface area contributed by atoms with E-state index in [1.54, 1.807) is 7.05 Å². The smallest absolute Gasteiger partial charge is 0.191 e. The molecule has 1 unspecified atom stereocenters. The molecule has 0 aromatic carbocycles. The molecule has 1 aromatic heterocycles. The molecule has 1 aliphatic carbocycles. The maximum atomic E-state index is 11.2. The van der Waals surface area contributed by atoms with Gasteiger partial charge in [0.1, 0.15) is 9.84 Å². The summed E-state index contributed by atoms with van der Waals surface area (Å²) < 4.78 is 24.4. The number of aliphatic imine (C=N–C) groups is 1. The average molecular weight is 341 g/mol. The molecule has 23 heavy (non-hydrogen) atoms. The third-order valence-corrected chi connectivity index (χ3v) is 4.90. The number of fused-ring (bicyclic) bond motifs is 1. The molecule has 0 amide bonds. The van der Waals surface area contributed by atoms with Crippen LogP contribution >= 0.6 is 0 Å². The summed E-state index contributed by atoms with van der Waals surface area (Å²) in [6.45, 7) is 4.61. The average Bonchev–Trinajstić information content (AvgIpc) is 2.88. The van der Waals surface area contributed by atoms with Crippen LogP contribution in [0.4, 0.5) is 0 Å². The van der Waals surface area contributed by atoms with E-state index in [2.05, 4.69) is 40.8 Å². The summed E-state index contributed by atoms with van der Waals surface area (Å²) >= 11 is 0. The fourth-order valence-corrected chi connectivity index (χ4v) is 3.12. The molecule has 0 saturated carbocycles. The Bertz CT molecular complexity index is 663. The van der Waals surface area contributed by atoms with Gasteiger partial charge in [-0.3, -0.25) is 9.67 Å². The number of aromatic nitrogens is 2. The van der Waals surface area contributed by atoms with Gasteiger partial charge >= 0.3 is 0 Å². The summed E-state index contributed by atoms with van der Waals surface area (Å²) in [5.74, 6) is 0.742. The van der Waals surface area contributed by atoms with Crippen LogP contribution in [0.25, 0.3) is 0 Å². The van der Waals surface area contributed by atoms with Crippen molar-refractivity contribution in [3.63, 3.8) is 0 Å². The summed E-state index contributed by atoms with van der Waals surface area (Å²) in [4.78, 5) is 4.17. The van der Waals surface area contributed by atoms with Crippen LogP contribution in [-0.2, 0) is 22.7 Å². The lowest BCUT2D eigenvalue weighted by Gasteiger charge is -2.24. The predicted octanol–water partition coefficient (Wildman–Crippen LogP) is 0.531. The molecular formula is C15H27N5O2S. The zero-order chi connectivity index (χ0) is 17.0. The van der Waals surface area contributed by atoms with Crippen molar-refractivity contribution in [1.29, 1.82) is 0 Å². The van der Waals surface area contributed by atoms with Gasteiger partial charge in [-0.05, 0) is 32.3 Å². The van der Waals surface area contributed by atoms with E-state index < -0.39 is 9.84 Å². The molecular weight excluding hydrogens is 314 g/mol. The van der Waals surface area contributed by atoms with Crippen molar-refractivity contribution < 1.29 is 8.42 Å². The maximum absolute atomic E-state index is 11.2. The molecule has 0 bridgehead atoms. The number of aryl methyl sites for hydroxylation is 1. The van der Waals surface area contributed by atoms with Crippen molar-refractivity contribution in [1.82, 2.24) is 20.4 Å². The minimum atomic E-state index is -2.96. The zero-order valence-corrected chi connectivity index (χ0v) is 15.2. The van der Waals surface area contributed by atoms with E-state index in [0.29, 0.717) is 18.5 Å². The first-order valence-electron chi connectivity index (χ1n) is 8.00. The van der Waals surface area contributed by atoms with Gasteiger partial charge in [0.15, 0.2) is 5.96 Å². The quantitative estimate of drug-likeness (QED) is 0.602. The highest BCUT2D eigenvalue weighted by Gasteiger charge is 2.23. The Kier molecular flexibility index (Phi) is 5.67. The lowest BCUT2D eigenvalue weighted by Crippen LogP contribution is -2.46. The molecule has 8 heteroatoms. The lowest BCUT2D eigenvalue weighted by atomic mass is 9.94. The van der Waals surface area contributed by atoms with Crippen molar-refractivity contribution in [3.8, 4) is 0 Å². The molecule has 2 rings (SSSR count). The molecule has 0 radical (unpaired) electrons. The topological polar surface area (TPSA) is 88.4 Å². The Morgan fingerprint density at radius 2 is 2.26 bits per heavy atom. The Labute approximate surface area is 138 Å². The fraction of sp³-hybridized carbons (Fsp3) is 0.733. The summed E-state index contributed by atoms with van der Waals surface area (Å²) in [6.07, 6.45) is 6.26. The van der Waals surface area contributed by atoms with Crippen molar-refractivity contribution in [2.24, 2.45) is 4.99 Å². The van der Waals surface area contributed by atoms with Crippen LogP contribution in [0.5, 0.6) is 0 Å². The van der Waals surface area contributed by atoms with Crippen molar-refractivity contribution in [3.05, 3.63) is 17.5 Å². The number of guanidine groups is 1. The number of hydrogen-bond donors (Lipinski definition) is 2. The van der Waals surface area contributed by atoms with E-state index in [9.17, 15) is 8.42 Å². The predicted molar refractivity (Wildman–Crippen MR) is 92.6 cm³/mol. The first-order valence-corrected chi connectivity index (χ1v) is 10.1. The molecule has 0 spiro atoms. The van der Waals surface area contributed by atoms with Gasteiger partial charge in [-0.25, -0.2) is 8.42 Å². The zero-order valence-electron chi connectivity index (χ0n) is 14.3. The molecule has 1 atom stereocenters. The fourth-order valence-electron chi connectivity index (χ4n) is 2.64. The second-order valence-corrected chi connectivity index (χ2v) is 8.65. The van der Waals surface area contributed by atoms with Crippen LogP contribution in [0.15, 0.2) is 11.2 Å². The minimum Gasteiger partial charge on any atom is -0.355 e. The molecule has 0 fully saturated rings. The SMILES string of the molecule is CN=C(NCCS(C)(=O)=O)NC1CCc2cn(C(C)C)nc2C1. The minimum absolute atomic E-state index is 0.0985. The van der Waals surface area contributed by atoms with Crippen LogP contribution in [-0.4, -0.2) is 55.8 Å². The first kappa shape index (κ1) is 17.8. The maximum Gasteiger partial charge on any atom is 0.191 e. The Morgan fingerprint density at radius 1 is 1.52 bits per heavy atom. The van der Waals surface area contributed by atoms with Crippen LogP contribution in [0.3, 0.4) is 0 Å². The molecule has 2 N–H and O–H groups in total. The summed E-state index contributed by atoms with van der Waals surface area (Å²) in [5, 5.41) is 11.1. The van der Waals surface area contributed by atoms with Gasteiger partial charge in [-0.15, -0.1) is 0 Å². The molecule has 1 heterocycles. The second kappa shape index (κ2) is 7.33. The van der Waals surface area contributed by atoms with Crippen LogP contribution in [0.1, 0.15) is 37.6 Å². The molecule has 1 aromatic rings. The van der Waals surface area contributed by atoms with Gasteiger partial charge in [0, 0.05) is 44.5 Å². The highest BCUT2D eigenvalue weighted by atomic mass is 32.2. The van der Waals surface area contributed by atoms with Crippen LogP contribution in [0, 0.1) is 0 Å². The first-order chi connectivity index (χ1) is 10.8. The third kappa shape index (κ3) is 5.23. The lowest BCUT2D eigenvalue weighted by molar-refractivity contribution is 0.500. The van der Waals surface area contributed by atoms with Crippen LogP contribution in [0.2, 0.25) is 0 Å². The molecule has 0 saturated heterocycles. The highest BCUT2D eigenvalue weighted by molar-refractivity contribution is 7.90. The van der Waals surface area contributed by atoms with E-state index in [0.717, 1.165) is 25.0 Å². The number of rotatable bonds is 5. The standard InChI is InChI=1S/C15H27N5O2S/c1-11(2)20-10-12-5-6-13(9-14(12)19-20)18-15(16-3)17-7-8-23(4,21)22/h10-11,13H,5-9H2,1-4H3,(H2,16,17,18). The number of nitrogens with one attached hydrogen (secondary N) is 2. The summed E-state index contributed by atoms with van der Waals surface area (Å²) in [6, 6.07) is 0.639. The monoisotopic (exact) mass is 341 g/mol. The van der Waals surface area contributed by atoms with Gasteiger partial charge < -0.3 is 10.6 Å². The third-order valence-electron chi connectivity index (χ3n) is 3.96. The van der Waals surface area contributed by atoms with E-state index in [-0.39, 0.29) is 11.8 Å². The van der Waals surface area contributed by atoms with Gasteiger partial charge in [-0.1, -0.05) is 0 Å². The Balaban J connectivity index is 1.90. The van der Waals surface area contributed by atoms with E-state index in [4.69, 9.17) is 0 Å². The summed E-state index contributed by atoms with van der Waals surface area (Å²) in [5.41, 5.74) is 2.48. The van der Waals surface area contributed by atoms with Gasteiger partial charge in [-0.2, -0.15) is 5.10 Å².